The molecule has 8 aromatic rings. The topological polar surface area (TPSA) is 3.24 Å². The van der Waals surface area contributed by atoms with Crippen molar-refractivity contribution in [2.75, 3.05) is 4.90 Å². The second-order valence-electron chi connectivity index (χ2n) is 17.7. The van der Waals surface area contributed by atoms with Gasteiger partial charge in [-0.15, -0.1) is 0 Å². The van der Waals surface area contributed by atoms with Gasteiger partial charge in [0, 0.05) is 33.3 Å². The lowest BCUT2D eigenvalue weighted by Crippen LogP contribution is -2.39. The van der Waals surface area contributed by atoms with Crippen LogP contribution in [0, 0.1) is 0 Å². The predicted molar refractivity (Wildman–Crippen MR) is 241 cm³/mol. The average Bonchev–Trinajstić information content (AvgIpc) is 3.80. The molecule has 0 atom stereocenters. The Labute approximate surface area is 342 Å². The largest absolute Gasteiger partial charge is 0.310 e. The Bertz CT molecular complexity index is 2890. The van der Waals surface area contributed by atoms with Crippen molar-refractivity contribution in [2.24, 2.45) is 0 Å². The van der Waals surface area contributed by atoms with E-state index in [4.69, 9.17) is 0 Å². The zero-order valence-corrected chi connectivity index (χ0v) is 33.2. The highest BCUT2D eigenvalue weighted by Gasteiger charge is 2.53. The second-order valence-corrected chi connectivity index (χ2v) is 17.7. The summed E-state index contributed by atoms with van der Waals surface area (Å²) in [6.45, 7) is 4.77. The summed E-state index contributed by atoms with van der Waals surface area (Å²) in [6, 6.07) is 71.2. The molecule has 278 valence electrons. The number of fused-ring (bicyclic) bond motifs is 13. The minimum absolute atomic E-state index is 0.0481. The molecule has 0 radical (unpaired) electrons. The molecule has 0 bridgehead atoms. The summed E-state index contributed by atoms with van der Waals surface area (Å²) in [5.41, 5.74) is 23.1. The quantitative estimate of drug-likeness (QED) is 0.173. The first-order valence-corrected chi connectivity index (χ1v) is 21.1. The first-order chi connectivity index (χ1) is 28.5. The Kier molecular flexibility index (Phi) is 7.13. The van der Waals surface area contributed by atoms with E-state index in [2.05, 4.69) is 207 Å². The third-order valence-electron chi connectivity index (χ3n) is 14.7. The maximum Gasteiger partial charge on any atom is 0.0467 e. The van der Waals surface area contributed by atoms with Crippen molar-refractivity contribution in [3.63, 3.8) is 0 Å². The molecule has 0 unspecified atom stereocenters. The molecule has 0 aromatic heterocycles. The van der Waals surface area contributed by atoms with Crippen LogP contribution in [0.15, 0.2) is 188 Å². The van der Waals surface area contributed by atoms with Crippen molar-refractivity contribution in [1.82, 2.24) is 0 Å². The number of nitrogens with zero attached hydrogens (tertiary/aromatic N) is 1. The smallest absolute Gasteiger partial charge is 0.0467 e. The van der Waals surface area contributed by atoms with Crippen molar-refractivity contribution in [2.45, 2.75) is 55.8 Å². The van der Waals surface area contributed by atoms with Gasteiger partial charge in [-0.2, -0.15) is 0 Å². The molecule has 0 N–H and O–H groups in total. The number of anilines is 3. The molecule has 4 aliphatic rings. The van der Waals surface area contributed by atoms with Crippen LogP contribution >= 0.6 is 0 Å². The molecule has 4 aliphatic carbocycles. The van der Waals surface area contributed by atoms with Gasteiger partial charge in [-0.3, -0.25) is 0 Å². The minimum Gasteiger partial charge on any atom is -0.310 e. The van der Waals surface area contributed by atoms with E-state index < -0.39 is 0 Å². The van der Waals surface area contributed by atoms with Crippen molar-refractivity contribution in [1.29, 1.82) is 0 Å². The number of hydrogen-bond donors (Lipinski definition) is 0. The van der Waals surface area contributed by atoms with Crippen LogP contribution in [-0.2, 0) is 16.2 Å². The molecule has 1 heteroatoms. The molecule has 58 heavy (non-hydrogen) atoms. The number of benzene rings is 8. The first kappa shape index (κ1) is 33.7. The lowest BCUT2D eigenvalue weighted by Gasteiger charge is -2.45. The van der Waals surface area contributed by atoms with E-state index >= 15 is 0 Å². The molecule has 1 nitrogen and oxygen atoms in total. The van der Waals surface area contributed by atoms with Gasteiger partial charge >= 0.3 is 0 Å². The van der Waals surface area contributed by atoms with Crippen molar-refractivity contribution < 1.29 is 0 Å². The molecule has 0 amide bonds. The Morgan fingerprint density at radius 1 is 0.310 bits per heavy atom. The van der Waals surface area contributed by atoms with Crippen molar-refractivity contribution in [3.05, 3.63) is 221 Å². The van der Waals surface area contributed by atoms with E-state index in [9.17, 15) is 0 Å². The zero-order chi connectivity index (χ0) is 38.6. The number of rotatable bonds is 4. The van der Waals surface area contributed by atoms with Gasteiger partial charge in [0.15, 0.2) is 0 Å². The second kappa shape index (κ2) is 12.3. The highest BCUT2D eigenvalue weighted by Crippen LogP contribution is 2.64. The maximum atomic E-state index is 2.58. The molecule has 2 spiro atoms. The van der Waals surface area contributed by atoms with E-state index in [1.165, 1.54) is 95.0 Å². The summed E-state index contributed by atoms with van der Waals surface area (Å²) >= 11 is 0. The predicted octanol–water partition coefficient (Wildman–Crippen LogP) is 14.9. The van der Waals surface area contributed by atoms with Gasteiger partial charge in [-0.1, -0.05) is 166 Å². The van der Waals surface area contributed by atoms with Crippen LogP contribution in [0.2, 0.25) is 0 Å². The molecule has 0 heterocycles. The van der Waals surface area contributed by atoms with Crippen LogP contribution in [0.3, 0.4) is 0 Å². The first-order valence-electron chi connectivity index (χ1n) is 21.1. The van der Waals surface area contributed by atoms with Gasteiger partial charge in [0.2, 0.25) is 0 Å². The van der Waals surface area contributed by atoms with Crippen molar-refractivity contribution in [3.8, 4) is 44.5 Å². The Hall–Kier alpha value is -6.44. The van der Waals surface area contributed by atoms with Crippen LogP contribution in [0.25, 0.3) is 44.5 Å². The molecule has 8 aromatic carbocycles. The van der Waals surface area contributed by atoms with E-state index in [1.54, 1.807) is 0 Å². The molecule has 0 saturated heterocycles. The van der Waals surface area contributed by atoms with Crippen molar-refractivity contribution >= 4 is 17.1 Å². The summed E-state index contributed by atoms with van der Waals surface area (Å²) in [4.78, 5) is 2.52. The SMILES string of the molecule is CC1(C)c2ccccc2-c2ccc(N(c3cccc(-c4ccccc4)c3)c3ccc4c(c3)C3(CCC5(CC3)c3ccccc3-c3ccccc35)c3ccccc3-4)cc21. The number of hydrogen-bond acceptors (Lipinski definition) is 1. The Morgan fingerprint density at radius 2 is 0.707 bits per heavy atom. The third-order valence-corrected chi connectivity index (χ3v) is 14.7. The third kappa shape index (κ3) is 4.59. The van der Waals surface area contributed by atoms with E-state index in [-0.39, 0.29) is 16.2 Å². The maximum absolute atomic E-state index is 2.58. The molecular formula is C57H45N. The van der Waals surface area contributed by atoms with E-state index in [0.717, 1.165) is 25.7 Å². The summed E-state index contributed by atoms with van der Waals surface area (Å²) in [6.07, 6.45) is 4.47. The van der Waals surface area contributed by atoms with Crippen LogP contribution < -0.4 is 4.90 Å². The molecule has 0 aliphatic heterocycles. The van der Waals surface area contributed by atoms with Gasteiger partial charge in [0.1, 0.15) is 0 Å². The molecular weight excluding hydrogens is 699 g/mol. The van der Waals surface area contributed by atoms with Gasteiger partial charge in [0.05, 0.1) is 0 Å². The fourth-order valence-corrected chi connectivity index (χ4v) is 11.9. The van der Waals surface area contributed by atoms with Crippen LogP contribution in [-0.4, -0.2) is 0 Å². The Morgan fingerprint density at radius 3 is 1.28 bits per heavy atom. The van der Waals surface area contributed by atoms with Gasteiger partial charge in [0.25, 0.3) is 0 Å². The molecule has 1 fully saturated rings. The van der Waals surface area contributed by atoms with Gasteiger partial charge in [-0.05, 0) is 140 Å². The van der Waals surface area contributed by atoms with E-state index in [0.29, 0.717) is 0 Å². The van der Waals surface area contributed by atoms with Crippen LogP contribution in [0.4, 0.5) is 17.1 Å². The highest BCUT2D eigenvalue weighted by molar-refractivity contribution is 5.90. The highest BCUT2D eigenvalue weighted by atomic mass is 15.1. The van der Waals surface area contributed by atoms with E-state index in [1.807, 2.05) is 0 Å². The fourth-order valence-electron chi connectivity index (χ4n) is 11.9. The lowest BCUT2D eigenvalue weighted by atomic mass is 9.57. The fraction of sp³-hybridized carbons (Fsp3) is 0.158. The molecule has 12 rings (SSSR count). The normalized spacial score (nSPS) is 16.6. The lowest BCUT2D eigenvalue weighted by molar-refractivity contribution is 0.265. The van der Waals surface area contributed by atoms with Crippen LogP contribution in [0.5, 0.6) is 0 Å². The summed E-state index contributed by atoms with van der Waals surface area (Å²) in [5, 5.41) is 0. The summed E-state index contributed by atoms with van der Waals surface area (Å²) in [5.74, 6) is 0. The monoisotopic (exact) mass is 743 g/mol. The standard InChI is InChI=1S/C57H45N/c1-55(2)49-23-10-6-19-43(49)47-29-27-41(36-53(47)55)58(40-18-14-17-39(35-40)38-15-4-3-5-16-38)42-28-30-48-46-22-9-13-26-52(46)57(54(48)37-42)33-31-56(32-34-57)50-24-11-7-20-44(50)45-21-8-12-25-51(45)56/h3-30,35-37H,31-34H2,1-2H3. The molecule has 1 saturated carbocycles. The average molecular weight is 744 g/mol. The van der Waals surface area contributed by atoms with Gasteiger partial charge in [-0.25, -0.2) is 0 Å². The zero-order valence-electron chi connectivity index (χ0n) is 33.2. The Balaban J connectivity index is 1.02. The summed E-state index contributed by atoms with van der Waals surface area (Å²) < 4.78 is 0. The van der Waals surface area contributed by atoms with Gasteiger partial charge < -0.3 is 4.90 Å². The van der Waals surface area contributed by atoms with Crippen LogP contribution in [0.1, 0.15) is 72.9 Å². The minimum atomic E-state index is -0.0985. The summed E-state index contributed by atoms with van der Waals surface area (Å²) in [7, 11) is 0.